The first-order valence-electron chi connectivity index (χ1n) is 6.34. The second kappa shape index (κ2) is 7.49. The summed E-state index contributed by atoms with van der Waals surface area (Å²) in [7, 11) is 1.84. The van der Waals surface area contributed by atoms with Gasteiger partial charge in [-0.15, -0.1) is 12.4 Å². The van der Waals surface area contributed by atoms with Gasteiger partial charge in [-0.05, 0) is 51.2 Å². The number of halogens is 1. The van der Waals surface area contributed by atoms with E-state index in [0.29, 0.717) is 6.10 Å². The van der Waals surface area contributed by atoms with Crippen LogP contribution in [0.1, 0.15) is 25.7 Å². The van der Waals surface area contributed by atoms with Crippen molar-refractivity contribution in [2.75, 3.05) is 39.8 Å². The molecule has 0 spiro atoms. The Kier molecular flexibility index (Phi) is 6.66. The summed E-state index contributed by atoms with van der Waals surface area (Å²) in [6.07, 6.45) is 5.79. The van der Waals surface area contributed by atoms with E-state index in [2.05, 4.69) is 10.2 Å². The van der Waals surface area contributed by atoms with Gasteiger partial charge in [-0.3, -0.25) is 0 Å². The van der Waals surface area contributed by atoms with E-state index < -0.39 is 0 Å². The standard InChI is InChI=1S/C12H24N2O.ClH/c1-15-12-5-3-7-14(10-12)9-11-4-2-6-13-8-11;/h11-13H,2-10H2,1H3;1H. The molecule has 0 bridgehead atoms. The number of ether oxygens (including phenoxy) is 1. The van der Waals surface area contributed by atoms with E-state index in [0.717, 1.165) is 12.5 Å². The van der Waals surface area contributed by atoms with Crippen LogP contribution in [0.3, 0.4) is 0 Å². The van der Waals surface area contributed by atoms with E-state index in [-0.39, 0.29) is 12.4 Å². The molecule has 0 aliphatic carbocycles. The highest BCUT2D eigenvalue weighted by Gasteiger charge is 2.22. The third-order valence-electron chi connectivity index (χ3n) is 3.71. The topological polar surface area (TPSA) is 24.5 Å². The van der Waals surface area contributed by atoms with Crippen LogP contribution in [0.15, 0.2) is 0 Å². The largest absolute Gasteiger partial charge is 0.380 e. The van der Waals surface area contributed by atoms with Crippen LogP contribution in [0, 0.1) is 5.92 Å². The van der Waals surface area contributed by atoms with Gasteiger partial charge in [0.05, 0.1) is 6.10 Å². The van der Waals surface area contributed by atoms with Gasteiger partial charge in [-0.2, -0.15) is 0 Å². The molecule has 2 heterocycles. The molecule has 1 N–H and O–H groups in total. The zero-order valence-electron chi connectivity index (χ0n) is 10.3. The fraction of sp³-hybridized carbons (Fsp3) is 1.00. The van der Waals surface area contributed by atoms with E-state index in [4.69, 9.17) is 4.74 Å². The number of rotatable bonds is 3. The molecule has 3 nitrogen and oxygen atoms in total. The summed E-state index contributed by atoms with van der Waals surface area (Å²) in [5.74, 6) is 0.870. The average Bonchev–Trinajstić information content (AvgIpc) is 2.31. The minimum Gasteiger partial charge on any atom is -0.380 e. The van der Waals surface area contributed by atoms with E-state index in [9.17, 15) is 0 Å². The van der Waals surface area contributed by atoms with Crippen molar-refractivity contribution in [2.24, 2.45) is 5.92 Å². The SMILES string of the molecule is COC1CCCN(CC2CCCNC2)C1.Cl. The van der Waals surface area contributed by atoms with E-state index in [1.807, 2.05) is 7.11 Å². The Hall–Kier alpha value is 0.170. The molecule has 2 unspecified atom stereocenters. The molecular weight excluding hydrogens is 224 g/mol. The summed E-state index contributed by atoms with van der Waals surface area (Å²) in [5, 5.41) is 3.49. The van der Waals surface area contributed by atoms with Gasteiger partial charge >= 0.3 is 0 Å². The number of hydrogen-bond acceptors (Lipinski definition) is 3. The summed E-state index contributed by atoms with van der Waals surface area (Å²) in [4.78, 5) is 2.59. The Morgan fingerprint density at radius 2 is 2.19 bits per heavy atom. The molecule has 2 fully saturated rings. The number of likely N-dealkylation sites (tertiary alicyclic amines) is 1. The lowest BCUT2D eigenvalue weighted by Crippen LogP contribution is -2.44. The molecule has 0 aromatic rings. The van der Waals surface area contributed by atoms with Crippen LogP contribution in [0.5, 0.6) is 0 Å². The summed E-state index contributed by atoms with van der Waals surface area (Å²) in [5.41, 5.74) is 0. The molecule has 2 aliphatic rings. The maximum Gasteiger partial charge on any atom is 0.0698 e. The molecular formula is C12H25ClN2O. The predicted octanol–water partition coefficient (Wildman–Crippen LogP) is 1.52. The fourth-order valence-electron chi connectivity index (χ4n) is 2.82. The fourth-order valence-corrected chi connectivity index (χ4v) is 2.82. The van der Waals surface area contributed by atoms with Gasteiger partial charge in [-0.1, -0.05) is 0 Å². The lowest BCUT2D eigenvalue weighted by Gasteiger charge is -2.35. The van der Waals surface area contributed by atoms with Crippen LogP contribution in [0.25, 0.3) is 0 Å². The molecule has 2 atom stereocenters. The molecule has 2 saturated heterocycles. The molecule has 0 amide bonds. The van der Waals surface area contributed by atoms with Gasteiger partial charge in [0.2, 0.25) is 0 Å². The minimum atomic E-state index is 0. The normalized spacial score (nSPS) is 32.1. The lowest BCUT2D eigenvalue weighted by molar-refractivity contribution is 0.0245. The van der Waals surface area contributed by atoms with Crippen molar-refractivity contribution in [2.45, 2.75) is 31.8 Å². The Balaban J connectivity index is 0.00000128. The van der Waals surface area contributed by atoms with E-state index in [1.54, 1.807) is 0 Å². The third kappa shape index (κ3) is 4.21. The first kappa shape index (κ1) is 14.2. The maximum absolute atomic E-state index is 5.45. The third-order valence-corrected chi connectivity index (χ3v) is 3.71. The Labute approximate surface area is 105 Å². The van der Waals surface area contributed by atoms with Crippen molar-refractivity contribution in [3.63, 3.8) is 0 Å². The van der Waals surface area contributed by atoms with Crippen LogP contribution in [-0.4, -0.2) is 50.8 Å². The smallest absolute Gasteiger partial charge is 0.0698 e. The second-order valence-electron chi connectivity index (χ2n) is 4.97. The Morgan fingerprint density at radius 3 is 2.88 bits per heavy atom. The first-order valence-corrected chi connectivity index (χ1v) is 6.34. The minimum absolute atomic E-state index is 0. The molecule has 0 aromatic carbocycles. The summed E-state index contributed by atoms with van der Waals surface area (Å²) in [6.45, 7) is 6.13. The molecule has 16 heavy (non-hydrogen) atoms. The van der Waals surface area contributed by atoms with Crippen LogP contribution >= 0.6 is 12.4 Å². The number of nitrogens with zero attached hydrogens (tertiary/aromatic N) is 1. The van der Waals surface area contributed by atoms with Crippen molar-refractivity contribution in [1.82, 2.24) is 10.2 Å². The van der Waals surface area contributed by atoms with Crippen LogP contribution < -0.4 is 5.32 Å². The highest BCUT2D eigenvalue weighted by molar-refractivity contribution is 5.85. The maximum atomic E-state index is 5.45. The first-order chi connectivity index (χ1) is 7.38. The quantitative estimate of drug-likeness (QED) is 0.820. The van der Waals surface area contributed by atoms with E-state index in [1.165, 1.54) is 51.9 Å². The molecule has 96 valence electrons. The lowest BCUT2D eigenvalue weighted by atomic mass is 9.97. The summed E-state index contributed by atoms with van der Waals surface area (Å²) in [6, 6.07) is 0. The molecule has 4 heteroatoms. The van der Waals surface area contributed by atoms with Gasteiger partial charge in [0.1, 0.15) is 0 Å². The van der Waals surface area contributed by atoms with Gasteiger partial charge in [-0.25, -0.2) is 0 Å². The molecule has 0 saturated carbocycles. The highest BCUT2D eigenvalue weighted by Crippen LogP contribution is 2.17. The van der Waals surface area contributed by atoms with Crippen molar-refractivity contribution in [1.29, 1.82) is 0 Å². The van der Waals surface area contributed by atoms with Crippen LogP contribution in [0.4, 0.5) is 0 Å². The zero-order chi connectivity index (χ0) is 10.5. The number of hydrogen-bond donors (Lipinski definition) is 1. The average molecular weight is 249 g/mol. The summed E-state index contributed by atoms with van der Waals surface area (Å²) >= 11 is 0. The van der Waals surface area contributed by atoms with Crippen molar-refractivity contribution in [3.8, 4) is 0 Å². The van der Waals surface area contributed by atoms with Crippen molar-refractivity contribution < 1.29 is 4.74 Å². The highest BCUT2D eigenvalue weighted by atomic mass is 35.5. The van der Waals surface area contributed by atoms with Gasteiger partial charge in [0.25, 0.3) is 0 Å². The monoisotopic (exact) mass is 248 g/mol. The van der Waals surface area contributed by atoms with Crippen LogP contribution in [0.2, 0.25) is 0 Å². The van der Waals surface area contributed by atoms with E-state index >= 15 is 0 Å². The number of methoxy groups -OCH3 is 1. The van der Waals surface area contributed by atoms with Gasteiger partial charge < -0.3 is 15.0 Å². The molecule has 0 aromatic heterocycles. The predicted molar refractivity (Wildman–Crippen MR) is 69.3 cm³/mol. The number of nitrogens with one attached hydrogen (secondary N) is 1. The molecule has 2 aliphatic heterocycles. The van der Waals surface area contributed by atoms with Gasteiger partial charge in [0, 0.05) is 20.2 Å². The van der Waals surface area contributed by atoms with Gasteiger partial charge in [0.15, 0.2) is 0 Å². The second-order valence-corrected chi connectivity index (χ2v) is 4.97. The molecule has 0 radical (unpaired) electrons. The Bertz CT molecular complexity index is 186. The Morgan fingerprint density at radius 1 is 1.31 bits per heavy atom. The van der Waals surface area contributed by atoms with Crippen molar-refractivity contribution >= 4 is 12.4 Å². The molecule has 2 rings (SSSR count). The zero-order valence-corrected chi connectivity index (χ0v) is 11.1. The van der Waals surface area contributed by atoms with Crippen molar-refractivity contribution in [3.05, 3.63) is 0 Å². The summed E-state index contributed by atoms with van der Waals surface area (Å²) < 4.78 is 5.45. The van der Waals surface area contributed by atoms with Crippen LogP contribution in [-0.2, 0) is 4.74 Å². The number of piperidine rings is 2.